The second-order valence-electron chi connectivity index (χ2n) is 4.70. The zero-order chi connectivity index (χ0) is 12.5. The fourth-order valence-electron chi connectivity index (χ4n) is 2.58. The van der Waals surface area contributed by atoms with E-state index in [-0.39, 0.29) is 17.2 Å². The topological polar surface area (TPSA) is 33.2 Å². The average Bonchev–Trinajstić information content (AvgIpc) is 2.75. The van der Waals surface area contributed by atoms with Crippen LogP contribution >= 0.6 is 23.5 Å². The molecule has 2 unspecified atom stereocenters. The number of amides is 1. The lowest BCUT2D eigenvalue weighted by molar-refractivity contribution is -0.118. The van der Waals surface area contributed by atoms with Crippen molar-refractivity contribution in [3.05, 3.63) is 24.0 Å². The number of anilines is 1. The first kappa shape index (κ1) is 12.4. The first-order valence-electron chi connectivity index (χ1n) is 6.22. The molecule has 1 aromatic rings. The fraction of sp³-hybridized carbons (Fsp3) is 0.538. The van der Waals surface area contributed by atoms with Crippen LogP contribution < -0.4 is 4.90 Å². The van der Waals surface area contributed by atoms with Crippen LogP contribution in [-0.2, 0) is 11.2 Å². The molecule has 0 aliphatic carbocycles. The van der Waals surface area contributed by atoms with Gasteiger partial charge in [0.05, 0.1) is 10.9 Å². The van der Waals surface area contributed by atoms with Gasteiger partial charge in [-0.2, -0.15) is 11.8 Å². The Kier molecular flexibility index (Phi) is 3.52. The van der Waals surface area contributed by atoms with Gasteiger partial charge in [-0.05, 0) is 25.0 Å². The maximum absolute atomic E-state index is 12.6. The Morgan fingerprint density at radius 1 is 1.50 bits per heavy atom. The van der Waals surface area contributed by atoms with Gasteiger partial charge in [0.2, 0.25) is 5.91 Å². The van der Waals surface area contributed by atoms with Crippen LogP contribution in [0.2, 0.25) is 0 Å². The van der Waals surface area contributed by atoms with Crippen LogP contribution in [0.25, 0.3) is 0 Å². The first-order chi connectivity index (χ1) is 8.77. The highest BCUT2D eigenvalue weighted by atomic mass is 32.2. The summed E-state index contributed by atoms with van der Waals surface area (Å²) in [4.78, 5) is 18.8. The van der Waals surface area contributed by atoms with Crippen molar-refractivity contribution in [3.63, 3.8) is 0 Å². The molecule has 3 heterocycles. The molecule has 2 aliphatic rings. The minimum absolute atomic E-state index is 0.130. The molecule has 18 heavy (non-hydrogen) atoms. The number of rotatable bonds is 1. The smallest absolute Gasteiger partial charge is 0.241 e. The highest BCUT2D eigenvalue weighted by molar-refractivity contribution is 8.07. The van der Waals surface area contributed by atoms with Crippen LogP contribution in [0.3, 0.4) is 0 Å². The van der Waals surface area contributed by atoms with Gasteiger partial charge in [0.1, 0.15) is 0 Å². The van der Waals surface area contributed by atoms with Gasteiger partial charge in [0.15, 0.2) is 0 Å². The zero-order valence-corrected chi connectivity index (χ0v) is 12.0. The number of aromatic nitrogens is 1. The minimum atomic E-state index is 0.130. The summed E-state index contributed by atoms with van der Waals surface area (Å²) in [6.45, 7) is 2.12. The third-order valence-corrected chi connectivity index (χ3v) is 6.16. The van der Waals surface area contributed by atoms with E-state index < -0.39 is 0 Å². The molecule has 2 atom stereocenters. The molecule has 0 bridgehead atoms. The Labute approximate surface area is 116 Å². The Hall–Kier alpha value is -0.680. The third kappa shape index (κ3) is 2.14. The van der Waals surface area contributed by atoms with Crippen LogP contribution in [0.4, 0.5) is 5.69 Å². The molecule has 3 rings (SSSR count). The highest BCUT2D eigenvalue weighted by Crippen LogP contribution is 2.34. The third-order valence-electron chi connectivity index (χ3n) is 3.42. The van der Waals surface area contributed by atoms with Gasteiger partial charge >= 0.3 is 0 Å². The van der Waals surface area contributed by atoms with Crippen LogP contribution in [0.5, 0.6) is 0 Å². The zero-order valence-electron chi connectivity index (χ0n) is 10.3. The SMILES string of the molecule is CC1Cc2cnccc2N1C(=O)C1CSCCS1. The van der Waals surface area contributed by atoms with Crippen molar-refractivity contribution in [1.29, 1.82) is 0 Å². The Balaban J connectivity index is 1.85. The molecule has 3 nitrogen and oxygen atoms in total. The van der Waals surface area contributed by atoms with E-state index in [9.17, 15) is 4.79 Å². The van der Waals surface area contributed by atoms with Gasteiger partial charge in [-0.1, -0.05) is 0 Å². The highest BCUT2D eigenvalue weighted by Gasteiger charge is 2.35. The maximum atomic E-state index is 12.6. The van der Waals surface area contributed by atoms with E-state index in [1.54, 1.807) is 6.20 Å². The van der Waals surface area contributed by atoms with Crippen LogP contribution in [0.15, 0.2) is 18.5 Å². The molecular weight excluding hydrogens is 264 g/mol. The predicted molar refractivity (Wildman–Crippen MR) is 78.5 cm³/mol. The Morgan fingerprint density at radius 3 is 3.17 bits per heavy atom. The van der Waals surface area contributed by atoms with Gasteiger partial charge in [0, 0.05) is 35.7 Å². The van der Waals surface area contributed by atoms with Crippen LogP contribution in [0.1, 0.15) is 12.5 Å². The summed E-state index contributed by atoms with van der Waals surface area (Å²) in [5.41, 5.74) is 2.27. The Bertz CT molecular complexity index is 460. The van der Waals surface area contributed by atoms with Crippen molar-refractivity contribution in [2.45, 2.75) is 24.6 Å². The molecule has 2 aliphatic heterocycles. The summed E-state index contributed by atoms with van der Waals surface area (Å²) in [6.07, 6.45) is 4.60. The lowest BCUT2D eigenvalue weighted by Gasteiger charge is -2.29. The summed E-state index contributed by atoms with van der Waals surface area (Å²) < 4.78 is 0. The van der Waals surface area contributed by atoms with E-state index in [2.05, 4.69) is 11.9 Å². The van der Waals surface area contributed by atoms with Gasteiger partial charge in [-0.25, -0.2) is 0 Å². The summed E-state index contributed by atoms with van der Waals surface area (Å²) in [5.74, 6) is 3.49. The van der Waals surface area contributed by atoms with E-state index in [0.717, 1.165) is 23.6 Å². The van der Waals surface area contributed by atoms with Gasteiger partial charge in [-0.3, -0.25) is 9.78 Å². The maximum Gasteiger partial charge on any atom is 0.241 e. The van der Waals surface area contributed by atoms with Gasteiger partial charge < -0.3 is 4.90 Å². The van der Waals surface area contributed by atoms with Crippen molar-refractivity contribution in [2.24, 2.45) is 0 Å². The van der Waals surface area contributed by atoms with E-state index in [4.69, 9.17) is 0 Å². The van der Waals surface area contributed by atoms with Crippen molar-refractivity contribution in [2.75, 3.05) is 22.2 Å². The molecule has 0 saturated carbocycles. The van der Waals surface area contributed by atoms with Gasteiger partial charge in [0.25, 0.3) is 0 Å². The molecule has 0 radical (unpaired) electrons. The first-order valence-corrected chi connectivity index (χ1v) is 8.43. The standard InChI is InChI=1S/C13H16N2OS2/c1-9-6-10-7-14-3-2-11(10)15(9)13(16)12-8-17-4-5-18-12/h2-3,7,9,12H,4-6,8H2,1H3. The molecule has 1 fully saturated rings. The number of hydrogen-bond donors (Lipinski definition) is 0. The van der Waals surface area contributed by atoms with E-state index >= 15 is 0 Å². The lowest BCUT2D eigenvalue weighted by Crippen LogP contribution is -2.43. The van der Waals surface area contributed by atoms with Crippen molar-refractivity contribution < 1.29 is 4.79 Å². The molecule has 1 aromatic heterocycles. The number of carbonyl (C=O) groups is 1. The van der Waals surface area contributed by atoms with Crippen molar-refractivity contribution in [3.8, 4) is 0 Å². The fourth-order valence-corrected chi connectivity index (χ4v) is 5.17. The second-order valence-corrected chi connectivity index (χ2v) is 7.16. The van der Waals surface area contributed by atoms with E-state index in [1.807, 2.05) is 40.7 Å². The number of hydrogen-bond acceptors (Lipinski definition) is 4. The number of thioether (sulfide) groups is 2. The molecular formula is C13H16N2OS2. The molecule has 1 amide bonds. The number of pyridine rings is 1. The van der Waals surface area contributed by atoms with Crippen molar-refractivity contribution in [1.82, 2.24) is 4.98 Å². The van der Waals surface area contributed by atoms with E-state index in [1.165, 1.54) is 11.3 Å². The van der Waals surface area contributed by atoms with Crippen molar-refractivity contribution >= 4 is 35.1 Å². The summed E-state index contributed by atoms with van der Waals surface area (Å²) in [7, 11) is 0. The summed E-state index contributed by atoms with van der Waals surface area (Å²) in [5, 5.41) is 0.130. The largest absolute Gasteiger partial charge is 0.308 e. The average molecular weight is 280 g/mol. The number of fused-ring (bicyclic) bond motifs is 1. The second kappa shape index (κ2) is 5.13. The summed E-state index contributed by atoms with van der Waals surface area (Å²) in [6, 6.07) is 2.24. The molecule has 1 saturated heterocycles. The monoisotopic (exact) mass is 280 g/mol. The normalized spacial score (nSPS) is 27.1. The number of carbonyl (C=O) groups excluding carboxylic acids is 1. The molecule has 5 heteroatoms. The predicted octanol–water partition coefficient (Wildman–Crippen LogP) is 2.21. The molecule has 0 N–H and O–H groups in total. The van der Waals surface area contributed by atoms with Crippen LogP contribution in [0, 0.1) is 0 Å². The Morgan fingerprint density at radius 2 is 2.39 bits per heavy atom. The van der Waals surface area contributed by atoms with E-state index in [0.29, 0.717) is 0 Å². The summed E-state index contributed by atoms with van der Waals surface area (Å²) >= 11 is 3.70. The van der Waals surface area contributed by atoms with Gasteiger partial charge in [-0.15, -0.1) is 11.8 Å². The quantitative estimate of drug-likeness (QED) is 0.790. The minimum Gasteiger partial charge on any atom is -0.308 e. The van der Waals surface area contributed by atoms with Crippen LogP contribution in [-0.4, -0.2) is 39.4 Å². The molecule has 0 aromatic carbocycles. The lowest BCUT2D eigenvalue weighted by atomic mass is 10.2. The number of nitrogens with zero attached hydrogens (tertiary/aromatic N) is 2. The molecule has 0 spiro atoms. The molecule has 96 valence electrons.